The lowest BCUT2D eigenvalue weighted by Gasteiger charge is -2.45. The van der Waals surface area contributed by atoms with Gasteiger partial charge in [0.2, 0.25) is 0 Å². The van der Waals surface area contributed by atoms with Crippen molar-refractivity contribution in [3.05, 3.63) is 0 Å². The molecule has 3 aliphatic rings. The van der Waals surface area contributed by atoms with Gasteiger partial charge in [0.1, 0.15) is 0 Å². The molecule has 160 valence electrons. The Bertz CT molecular complexity index is 471. The molecule has 3 saturated carbocycles. The Kier molecular flexibility index (Phi) is 8.71. The van der Waals surface area contributed by atoms with E-state index in [4.69, 9.17) is 4.74 Å². The van der Waals surface area contributed by atoms with Crippen LogP contribution in [0.4, 0.5) is 0 Å². The molecule has 0 aromatic carbocycles. The lowest BCUT2D eigenvalue weighted by Crippen LogP contribution is -2.38. The summed E-state index contributed by atoms with van der Waals surface area (Å²) in [5.41, 5.74) is -0.00824. The maximum Gasteiger partial charge on any atom is 0.0692 e. The molecule has 2 nitrogen and oxygen atoms in total. The molecule has 2 heteroatoms. The molecule has 0 heterocycles. The summed E-state index contributed by atoms with van der Waals surface area (Å²) in [5, 5.41) is 10.1. The molecule has 0 N–H and O–H groups in total. The van der Waals surface area contributed by atoms with Crippen LogP contribution in [0.1, 0.15) is 116 Å². The van der Waals surface area contributed by atoms with Gasteiger partial charge in [-0.1, -0.05) is 51.9 Å². The number of hydrogen-bond acceptors (Lipinski definition) is 2. The van der Waals surface area contributed by atoms with Gasteiger partial charge in [-0.05, 0) is 87.9 Å². The van der Waals surface area contributed by atoms with Gasteiger partial charge in [-0.25, -0.2) is 0 Å². The Balaban J connectivity index is 1.41. The summed E-state index contributed by atoms with van der Waals surface area (Å²) in [6.45, 7) is 2.31. The van der Waals surface area contributed by atoms with Crippen molar-refractivity contribution in [3.8, 4) is 6.07 Å². The summed E-state index contributed by atoms with van der Waals surface area (Å²) in [7, 11) is 1.84. The third-order valence-corrected chi connectivity index (χ3v) is 8.96. The number of unbranched alkanes of at least 4 members (excludes halogenated alkanes) is 3. The summed E-state index contributed by atoms with van der Waals surface area (Å²) < 4.78 is 5.55. The standard InChI is InChI=1S/C26H45NO/c1-3-4-5-6-7-21-8-10-22(11-9-21)23-16-18-26(20-27,19-17-23)24-12-14-25(28-2)15-13-24/h21-25H,3-19H2,1-2H3/t21?,22?,23-,24?,25?,26-. The summed E-state index contributed by atoms with van der Waals surface area (Å²) in [6.07, 6.45) is 23.3. The van der Waals surface area contributed by atoms with Crippen molar-refractivity contribution in [2.24, 2.45) is 29.1 Å². The Labute approximate surface area is 174 Å². The van der Waals surface area contributed by atoms with Crippen molar-refractivity contribution in [1.29, 1.82) is 5.26 Å². The van der Waals surface area contributed by atoms with E-state index in [1.54, 1.807) is 0 Å². The first kappa shape index (κ1) is 22.1. The lowest BCUT2D eigenvalue weighted by molar-refractivity contribution is 0.0155. The van der Waals surface area contributed by atoms with E-state index in [0.717, 1.165) is 30.6 Å². The van der Waals surface area contributed by atoms with E-state index in [9.17, 15) is 5.26 Å². The fourth-order valence-electron chi connectivity index (χ4n) is 6.90. The largest absolute Gasteiger partial charge is 0.381 e. The van der Waals surface area contributed by atoms with E-state index >= 15 is 0 Å². The maximum absolute atomic E-state index is 10.1. The Morgan fingerprint density at radius 1 is 0.821 bits per heavy atom. The number of nitriles is 1. The Hall–Kier alpha value is -0.550. The zero-order valence-electron chi connectivity index (χ0n) is 18.8. The van der Waals surface area contributed by atoms with Gasteiger partial charge in [-0.15, -0.1) is 0 Å². The van der Waals surface area contributed by atoms with Gasteiger partial charge in [0, 0.05) is 7.11 Å². The second kappa shape index (κ2) is 11.0. The van der Waals surface area contributed by atoms with E-state index in [1.165, 1.54) is 96.3 Å². The maximum atomic E-state index is 10.1. The molecule has 0 amide bonds. The molecule has 0 aromatic heterocycles. The summed E-state index contributed by atoms with van der Waals surface area (Å²) in [4.78, 5) is 0. The molecule has 0 radical (unpaired) electrons. The zero-order chi connectivity index (χ0) is 19.8. The average molecular weight is 388 g/mol. The minimum absolute atomic E-state index is 0.00824. The smallest absolute Gasteiger partial charge is 0.0692 e. The molecule has 0 bridgehead atoms. The van der Waals surface area contributed by atoms with Crippen molar-refractivity contribution in [1.82, 2.24) is 0 Å². The van der Waals surface area contributed by atoms with Crippen molar-refractivity contribution in [2.45, 2.75) is 122 Å². The number of rotatable bonds is 8. The highest BCUT2D eigenvalue weighted by Crippen LogP contribution is 2.52. The molecule has 0 aliphatic heterocycles. The molecule has 3 fully saturated rings. The SMILES string of the molecule is CCCCCCC1CCC([C@H]2CC[C@](C#N)(C3CCC(OC)CC3)CC2)CC1. The molecule has 3 rings (SSSR count). The third kappa shape index (κ3) is 5.53. The summed E-state index contributed by atoms with van der Waals surface area (Å²) >= 11 is 0. The average Bonchev–Trinajstić information content (AvgIpc) is 2.77. The highest BCUT2D eigenvalue weighted by Gasteiger charge is 2.44. The minimum Gasteiger partial charge on any atom is -0.381 e. The van der Waals surface area contributed by atoms with Crippen molar-refractivity contribution in [3.63, 3.8) is 0 Å². The topological polar surface area (TPSA) is 33.0 Å². The predicted octanol–water partition coefficient (Wildman–Crippen LogP) is 7.67. The molecule has 0 aromatic rings. The van der Waals surface area contributed by atoms with E-state index in [2.05, 4.69) is 13.0 Å². The molecule has 0 saturated heterocycles. The zero-order valence-corrected chi connectivity index (χ0v) is 18.8. The van der Waals surface area contributed by atoms with Gasteiger partial charge in [0.15, 0.2) is 0 Å². The van der Waals surface area contributed by atoms with Crippen molar-refractivity contribution >= 4 is 0 Å². The number of methoxy groups -OCH3 is 1. The first-order valence-electron chi connectivity index (χ1n) is 12.6. The molecule has 3 aliphatic carbocycles. The molecular formula is C26H45NO. The second-order valence-electron chi connectivity index (χ2n) is 10.4. The van der Waals surface area contributed by atoms with E-state index in [-0.39, 0.29) is 5.41 Å². The van der Waals surface area contributed by atoms with Gasteiger partial charge >= 0.3 is 0 Å². The van der Waals surface area contributed by atoms with Gasteiger partial charge < -0.3 is 4.74 Å². The lowest BCUT2D eigenvalue weighted by atomic mass is 9.58. The second-order valence-corrected chi connectivity index (χ2v) is 10.4. The monoisotopic (exact) mass is 387 g/mol. The third-order valence-electron chi connectivity index (χ3n) is 8.96. The quantitative estimate of drug-likeness (QED) is 0.400. The number of nitrogens with zero attached hydrogens (tertiary/aromatic N) is 1. The van der Waals surface area contributed by atoms with Crippen molar-refractivity contribution in [2.75, 3.05) is 7.11 Å². The number of ether oxygens (including phenoxy) is 1. The first-order chi connectivity index (χ1) is 13.7. The van der Waals surface area contributed by atoms with Crippen LogP contribution in [0.25, 0.3) is 0 Å². The van der Waals surface area contributed by atoms with Crippen LogP contribution in [0.3, 0.4) is 0 Å². The van der Waals surface area contributed by atoms with Crippen LogP contribution in [0.5, 0.6) is 0 Å². The molecule has 0 unspecified atom stereocenters. The van der Waals surface area contributed by atoms with Crippen LogP contribution >= 0.6 is 0 Å². The molecular weight excluding hydrogens is 342 g/mol. The van der Waals surface area contributed by atoms with Gasteiger partial charge in [-0.3, -0.25) is 0 Å². The highest BCUT2D eigenvalue weighted by atomic mass is 16.5. The Morgan fingerprint density at radius 2 is 1.46 bits per heavy atom. The minimum atomic E-state index is -0.00824. The van der Waals surface area contributed by atoms with Crippen LogP contribution in [0.15, 0.2) is 0 Å². The van der Waals surface area contributed by atoms with Crippen LogP contribution in [-0.4, -0.2) is 13.2 Å². The fraction of sp³-hybridized carbons (Fsp3) is 0.962. The molecule has 28 heavy (non-hydrogen) atoms. The van der Waals surface area contributed by atoms with Gasteiger partial charge in [0.25, 0.3) is 0 Å². The first-order valence-corrected chi connectivity index (χ1v) is 12.6. The van der Waals surface area contributed by atoms with Crippen LogP contribution in [-0.2, 0) is 4.74 Å². The van der Waals surface area contributed by atoms with E-state index in [1.807, 2.05) is 7.11 Å². The normalized spacial score (nSPS) is 39.4. The molecule has 0 spiro atoms. The van der Waals surface area contributed by atoms with Gasteiger partial charge in [0.05, 0.1) is 17.6 Å². The van der Waals surface area contributed by atoms with Crippen LogP contribution in [0, 0.1) is 40.4 Å². The van der Waals surface area contributed by atoms with Crippen LogP contribution in [0.2, 0.25) is 0 Å². The van der Waals surface area contributed by atoms with Crippen molar-refractivity contribution < 1.29 is 4.74 Å². The predicted molar refractivity (Wildman–Crippen MR) is 117 cm³/mol. The summed E-state index contributed by atoms with van der Waals surface area (Å²) in [5.74, 6) is 3.53. The molecule has 0 atom stereocenters. The fourth-order valence-corrected chi connectivity index (χ4v) is 6.90. The Morgan fingerprint density at radius 3 is 2.04 bits per heavy atom. The van der Waals surface area contributed by atoms with E-state index in [0.29, 0.717) is 12.0 Å². The van der Waals surface area contributed by atoms with E-state index < -0.39 is 0 Å². The summed E-state index contributed by atoms with van der Waals surface area (Å²) in [6, 6.07) is 2.84. The highest BCUT2D eigenvalue weighted by molar-refractivity contribution is 5.06. The van der Waals surface area contributed by atoms with Gasteiger partial charge in [-0.2, -0.15) is 5.26 Å². The number of hydrogen-bond donors (Lipinski definition) is 0. The van der Waals surface area contributed by atoms with Crippen LogP contribution < -0.4 is 0 Å².